The molecular formula is C15H19N3O2. The van der Waals surface area contributed by atoms with E-state index in [1.807, 2.05) is 6.07 Å². The van der Waals surface area contributed by atoms with E-state index in [1.54, 1.807) is 12.3 Å². The summed E-state index contributed by atoms with van der Waals surface area (Å²) in [5.41, 5.74) is 2.08. The summed E-state index contributed by atoms with van der Waals surface area (Å²) in [5.74, 6) is -0.208. The van der Waals surface area contributed by atoms with Gasteiger partial charge in [-0.05, 0) is 36.5 Å². The van der Waals surface area contributed by atoms with Crippen LogP contribution in [0.3, 0.4) is 0 Å². The molecule has 5 nitrogen and oxygen atoms in total. The zero-order chi connectivity index (χ0) is 14.7. The van der Waals surface area contributed by atoms with Gasteiger partial charge in [0, 0.05) is 11.9 Å². The maximum Gasteiger partial charge on any atom is 0.270 e. The van der Waals surface area contributed by atoms with Crippen LogP contribution in [0.25, 0.3) is 0 Å². The highest BCUT2D eigenvalue weighted by Gasteiger charge is 2.26. The predicted octanol–water partition coefficient (Wildman–Crippen LogP) is 1.73. The van der Waals surface area contributed by atoms with E-state index < -0.39 is 6.04 Å². The van der Waals surface area contributed by atoms with E-state index in [0.29, 0.717) is 30.2 Å². The molecule has 0 radical (unpaired) electrons. The van der Waals surface area contributed by atoms with Gasteiger partial charge in [-0.2, -0.15) is 0 Å². The van der Waals surface area contributed by atoms with E-state index in [4.69, 9.17) is 0 Å². The summed E-state index contributed by atoms with van der Waals surface area (Å²) >= 11 is 0. The normalized spacial score (nSPS) is 18.9. The third-order valence-corrected chi connectivity index (χ3v) is 3.34. The van der Waals surface area contributed by atoms with Crippen LogP contribution in [0, 0.1) is 0 Å². The molecule has 1 unspecified atom stereocenters. The zero-order valence-corrected chi connectivity index (χ0v) is 11.8. The highest BCUT2D eigenvalue weighted by molar-refractivity contribution is 5.96. The highest BCUT2D eigenvalue weighted by Crippen LogP contribution is 2.15. The van der Waals surface area contributed by atoms with Gasteiger partial charge in [0.25, 0.3) is 5.91 Å². The number of allylic oxidation sites excluding steroid dienone is 1. The van der Waals surface area contributed by atoms with Crippen LogP contribution in [0.15, 0.2) is 30.6 Å². The Bertz CT molecular complexity index is 552. The standard InChI is InChI=1S/C15H19N3O2/c1-9(2)11-6-7-16-13(8-11)15(20)18-12-5-4-10(3)17-14(12)19/h6-9,12H,3-5H2,1-2H3,(H,17,19)(H,18,20). The van der Waals surface area contributed by atoms with E-state index >= 15 is 0 Å². The van der Waals surface area contributed by atoms with Gasteiger partial charge in [0.2, 0.25) is 5.91 Å². The zero-order valence-electron chi connectivity index (χ0n) is 11.8. The maximum absolute atomic E-state index is 12.1. The van der Waals surface area contributed by atoms with Crippen molar-refractivity contribution in [1.29, 1.82) is 0 Å². The first kappa shape index (κ1) is 14.2. The number of rotatable bonds is 3. The smallest absolute Gasteiger partial charge is 0.270 e. The third-order valence-electron chi connectivity index (χ3n) is 3.34. The minimum Gasteiger partial charge on any atom is -0.339 e. The van der Waals surface area contributed by atoms with Crippen LogP contribution in [0.1, 0.15) is 48.7 Å². The van der Waals surface area contributed by atoms with E-state index in [-0.39, 0.29) is 11.8 Å². The average molecular weight is 273 g/mol. The number of hydrogen-bond donors (Lipinski definition) is 2. The van der Waals surface area contributed by atoms with Crippen molar-refractivity contribution >= 4 is 11.8 Å². The minimum atomic E-state index is -0.516. The van der Waals surface area contributed by atoms with E-state index in [1.165, 1.54) is 0 Å². The van der Waals surface area contributed by atoms with Crippen LogP contribution >= 0.6 is 0 Å². The molecule has 0 saturated carbocycles. The molecule has 0 spiro atoms. The monoisotopic (exact) mass is 273 g/mol. The van der Waals surface area contributed by atoms with Crippen LogP contribution in [0.4, 0.5) is 0 Å². The molecule has 1 aromatic heterocycles. The Balaban J connectivity index is 2.06. The lowest BCUT2D eigenvalue weighted by atomic mass is 10.0. The number of piperidine rings is 1. The summed E-state index contributed by atoms with van der Waals surface area (Å²) in [6, 6.07) is 3.14. The van der Waals surface area contributed by atoms with Gasteiger partial charge in [0.1, 0.15) is 11.7 Å². The first-order valence-corrected chi connectivity index (χ1v) is 6.73. The van der Waals surface area contributed by atoms with Crippen LogP contribution in [0.5, 0.6) is 0 Å². The van der Waals surface area contributed by atoms with Gasteiger partial charge in [-0.15, -0.1) is 0 Å². The largest absolute Gasteiger partial charge is 0.339 e. The van der Waals surface area contributed by atoms with Crippen molar-refractivity contribution in [3.8, 4) is 0 Å². The Morgan fingerprint density at radius 2 is 2.30 bits per heavy atom. The lowest BCUT2D eigenvalue weighted by Gasteiger charge is -2.24. The molecule has 106 valence electrons. The minimum absolute atomic E-state index is 0.213. The Morgan fingerprint density at radius 1 is 1.55 bits per heavy atom. The summed E-state index contributed by atoms with van der Waals surface area (Å²) in [4.78, 5) is 27.9. The van der Waals surface area contributed by atoms with Crippen molar-refractivity contribution in [3.05, 3.63) is 41.9 Å². The summed E-state index contributed by atoms with van der Waals surface area (Å²) in [7, 11) is 0. The summed E-state index contributed by atoms with van der Waals surface area (Å²) in [5, 5.41) is 5.36. The molecule has 1 saturated heterocycles. The molecule has 2 heterocycles. The Labute approximate surface area is 118 Å². The Hall–Kier alpha value is -2.17. The topological polar surface area (TPSA) is 71.1 Å². The summed E-state index contributed by atoms with van der Waals surface area (Å²) in [6.07, 6.45) is 2.86. The molecule has 2 amide bonds. The highest BCUT2D eigenvalue weighted by atomic mass is 16.2. The number of aromatic nitrogens is 1. The van der Waals surface area contributed by atoms with Gasteiger partial charge in [0.05, 0.1) is 0 Å². The van der Waals surface area contributed by atoms with Crippen molar-refractivity contribution in [1.82, 2.24) is 15.6 Å². The molecule has 1 aromatic rings. The van der Waals surface area contributed by atoms with Gasteiger partial charge in [-0.25, -0.2) is 0 Å². The fraction of sp³-hybridized carbons (Fsp3) is 0.400. The van der Waals surface area contributed by atoms with Crippen molar-refractivity contribution in [2.45, 2.75) is 38.6 Å². The molecule has 1 aliphatic rings. The first-order chi connectivity index (χ1) is 9.47. The van der Waals surface area contributed by atoms with Gasteiger partial charge in [-0.3, -0.25) is 14.6 Å². The van der Waals surface area contributed by atoms with Gasteiger partial charge in [-0.1, -0.05) is 20.4 Å². The van der Waals surface area contributed by atoms with E-state index in [2.05, 4.69) is 36.0 Å². The number of pyridine rings is 1. The van der Waals surface area contributed by atoms with Crippen LogP contribution < -0.4 is 10.6 Å². The number of carbonyl (C=O) groups excluding carboxylic acids is 2. The molecule has 20 heavy (non-hydrogen) atoms. The molecule has 0 bridgehead atoms. The number of amides is 2. The summed E-state index contributed by atoms with van der Waals surface area (Å²) in [6.45, 7) is 7.82. The first-order valence-electron chi connectivity index (χ1n) is 6.73. The predicted molar refractivity (Wildman–Crippen MR) is 76.1 cm³/mol. The second kappa shape index (κ2) is 5.86. The van der Waals surface area contributed by atoms with E-state index in [0.717, 1.165) is 5.56 Å². The molecule has 1 fully saturated rings. The van der Waals surface area contributed by atoms with Crippen molar-refractivity contribution in [3.63, 3.8) is 0 Å². The molecule has 1 aliphatic heterocycles. The molecular weight excluding hydrogens is 254 g/mol. The fourth-order valence-corrected chi connectivity index (χ4v) is 2.07. The van der Waals surface area contributed by atoms with Crippen LogP contribution in [-0.4, -0.2) is 22.8 Å². The quantitative estimate of drug-likeness (QED) is 0.881. The number of carbonyl (C=O) groups is 2. The second-order valence-electron chi connectivity index (χ2n) is 5.29. The van der Waals surface area contributed by atoms with Crippen molar-refractivity contribution in [2.75, 3.05) is 0 Å². The Morgan fingerprint density at radius 3 is 2.95 bits per heavy atom. The molecule has 2 N–H and O–H groups in total. The second-order valence-corrected chi connectivity index (χ2v) is 5.29. The lowest BCUT2D eigenvalue weighted by molar-refractivity contribution is -0.123. The number of nitrogens with zero attached hydrogens (tertiary/aromatic N) is 1. The van der Waals surface area contributed by atoms with E-state index in [9.17, 15) is 9.59 Å². The third kappa shape index (κ3) is 3.23. The van der Waals surface area contributed by atoms with Crippen molar-refractivity contribution in [2.24, 2.45) is 0 Å². The SMILES string of the molecule is C=C1CCC(NC(=O)c2cc(C(C)C)ccn2)C(=O)N1. The number of nitrogens with one attached hydrogen (secondary N) is 2. The van der Waals surface area contributed by atoms with Gasteiger partial charge >= 0.3 is 0 Å². The molecule has 0 aliphatic carbocycles. The average Bonchev–Trinajstić information content (AvgIpc) is 2.42. The maximum atomic E-state index is 12.1. The number of hydrogen-bond acceptors (Lipinski definition) is 3. The van der Waals surface area contributed by atoms with Gasteiger partial charge in [0.15, 0.2) is 0 Å². The van der Waals surface area contributed by atoms with Crippen LogP contribution in [-0.2, 0) is 4.79 Å². The Kier molecular flexibility index (Phi) is 4.17. The molecule has 1 atom stereocenters. The lowest BCUT2D eigenvalue weighted by Crippen LogP contribution is -2.49. The molecule has 2 rings (SSSR count). The van der Waals surface area contributed by atoms with Gasteiger partial charge < -0.3 is 10.6 Å². The van der Waals surface area contributed by atoms with Crippen molar-refractivity contribution < 1.29 is 9.59 Å². The molecule has 0 aromatic carbocycles. The fourth-order valence-electron chi connectivity index (χ4n) is 2.07. The van der Waals surface area contributed by atoms with Crippen LogP contribution in [0.2, 0.25) is 0 Å². The molecule has 5 heteroatoms. The summed E-state index contributed by atoms with van der Waals surface area (Å²) < 4.78 is 0.